The highest BCUT2D eigenvalue weighted by atomic mass is 35.5. The molecule has 0 fully saturated rings. The number of methoxy groups -OCH3 is 2. The molecule has 0 aromatic heterocycles. The van der Waals surface area contributed by atoms with E-state index in [1.165, 1.54) is 5.56 Å². The van der Waals surface area contributed by atoms with Crippen molar-refractivity contribution in [1.82, 2.24) is 10.6 Å². The van der Waals surface area contributed by atoms with E-state index in [0.29, 0.717) is 6.54 Å². The molecule has 0 atom stereocenters. The van der Waals surface area contributed by atoms with Gasteiger partial charge in [0, 0.05) is 18.1 Å². The van der Waals surface area contributed by atoms with E-state index in [9.17, 15) is 0 Å². The Labute approximate surface area is 160 Å². The number of benzene rings is 2. The molecule has 0 bridgehead atoms. The van der Waals surface area contributed by atoms with Crippen molar-refractivity contribution < 1.29 is 9.47 Å². The summed E-state index contributed by atoms with van der Waals surface area (Å²) in [6, 6.07) is 13.7. The normalized spacial score (nSPS) is 11.2. The van der Waals surface area contributed by atoms with Gasteiger partial charge in [0.2, 0.25) is 0 Å². The molecule has 0 aliphatic carbocycles. The zero-order valence-electron chi connectivity index (χ0n) is 15.5. The van der Waals surface area contributed by atoms with Crippen LogP contribution in [0.2, 0.25) is 5.02 Å². The number of aliphatic imine (C=N–C) groups is 1. The second-order valence-corrected chi connectivity index (χ2v) is 6.12. The Morgan fingerprint density at radius 2 is 1.65 bits per heavy atom. The van der Waals surface area contributed by atoms with Gasteiger partial charge < -0.3 is 20.1 Å². The lowest BCUT2D eigenvalue weighted by Crippen LogP contribution is -2.38. The zero-order valence-corrected chi connectivity index (χ0v) is 16.3. The van der Waals surface area contributed by atoms with Crippen LogP contribution in [0.25, 0.3) is 0 Å². The van der Waals surface area contributed by atoms with Crippen molar-refractivity contribution >= 4 is 17.6 Å². The number of guanidine groups is 1. The summed E-state index contributed by atoms with van der Waals surface area (Å²) in [5, 5.41) is 7.35. The third kappa shape index (κ3) is 6.15. The molecule has 0 saturated carbocycles. The van der Waals surface area contributed by atoms with Crippen LogP contribution in [0.4, 0.5) is 0 Å². The predicted molar refractivity (Wildman–Crippen MR) is 108 cm³/mol. The Morgan fingerprint density at radius 1 is 0.962 bits per heavy atom. The molecule has 2 aromatic carbocycles. The molecule has 0 saturated heterocycles. The van der Waals surface area contributed by atoms with Crippen molar-refractivity contribution in [2.45, 2.75) is 19.9 Å². The maximum absolute atomic E-state index is 5.91. The summed E-state index contributed by atoms with van der Waals surface area (Å²) in [5.41, 5.74) is 2.29. The SMILES string of the molecule is CCNC(=NCc1ccc(Cl)cc1)NCCc1ccc(OC)c(OC)c1. The van der Waals surface area contributed by atoms with Gasteiger partial charge in [-0.05, 0) is 48.7 Å². The minimum absolute atomic E-state index is 0.600. The molecular weight excluding hydrogens is 350 g/mol. The van der Waals surface area contributed by atoms with Crippen molar-refractivity contribution in [2.75, 3.05) is 27.3 Å². The quantitative estimate of drug-likeness (QED) is 0.546. The molecule has 0 radical (unpaired) electrons. The Bertz CT molecular complexity index is 717. The molecule has 5 nitrogen and oxygen atoms in total. The third-order valence-electron chi connectivity index (χ3n) is 3.83. The molecule has 0 aliphatic heterocycles. The van der Waals surface area contributed by atoms with Crippen molar-refractivity contribution in [1.29, 1.82) is 0 Å². The third-order valence-corrected chi connectivity index (χ3v) is 4.08. The topological polar surface area (TPSA) is 54.9 Å². The highest BCUT2D eigenvalue weighted by Gasteiger charge is 2.05. The molecule has 2 rings (SSSR count). The van der Waals surface area contributed by atoms with Gasteiger partial charge in [-0.2, -0.15) is 0 Å². The van der Waals surface area contributed by atoms with Crippen LogP contribution < -0.4 is 20.1 Å². The number of rotatable bonds is 8. The molecule has 0 heterocycles. The maximum atomic E-state index is 5.91. The monoisotopic (exact) mass is 375 g/mol. The van der Waals surface area contributed by atoms with Crippen molar-refractivity contribution in [3.63, 3.8) is 0 Å². The Kier molecular flexibility index (Phi) is 8.09. The van der Waals surface area contributed by atoms with Crippen LogP contribution in [0, 0.1) is 0 Å². The maximum Gasteiger partial charge on any atom is 0.191 e. The minimum atomic E-state index is 0.600. The number of hydrogen-bond acceptors (Lipinski definition) is 3. The van der Waals surface area contributed by atoms with Gasteiger partial charge in [-0.25, -0.2) is 4.99 Å². The first-order chi connectivity index (χ1) is 12.7. The average molecular weight is 376 g/mol. The predicted octanol–water partition coefficient (Wildman–Crippen LogP) is 3.66. The van der Waals surface area contributed by atoms with Crippen LogP contribution in [-0.2, 0) is 13.0 Å². The molecule has 0 amide bonds. The Balaban J connectivity index is 1.91. The lowest BCUT2D eigenvalue weighted by atomic mass is 10.1. The molecule has 26 heavy (non-hydrogen) atoms. The summed E-state index contributed by atoms with van der Waals surface area (Å²) < 4.78 is 10.6. The Hall–Kier alpha value is -2.40. The molecule has 0 aliphatic rings. The minimum Gasteiger partial charge on any atom is -0.493 e. The van der Waals surface area contributed by atoms with Crippen LogP contribution in [0.15, 0.2) is 47.5 Å². The first-order valence-corrected chi connectivity index (χ1v) is 9.01. The second kappa shape index (κ2) is 10.6. The van der Waals surface area contributed by atoms with Gasteiger partial charge in [0.25, 0.3) is 0 Å². The summed E-state index contributed by atoms with van der Waals surface area (Å²) in [6.45, 7) is 4.22. The van der Waals surface area contributed by atoms with Gasteiger partial charge in [-0.3, -0.25) is 0 Å². The highest BCUT2D eigenvalue weighted by Crippen LogP contribution is 2.27. The van der Waals surface area contributed by atoms with Crippen LogP contribution in [0.5, 0.6) is 11.5 Å². The van der Waals surface area contributed by atoms with E-state index in [1.54, 1.807) is 14.2 Å². The van der Waals surface area contributed by atoms with Crippen molar-refractivity contribution in [2.24, 2.45) is 4.99 Å². The average Bonchev–Trinajstić information content (AvgIpc) is 2.67. The van der Waals surface area contributed by atoms with Crippen LogP contribution in [0.1, 0.15) is 18.1 Å². The standard InChI is InChI=1S/C20H26ClN3O2/c1-4-22-20(24-14-16-5-8-17(21)9-6-16)23-12-11-15-7-10-18(25-2)19(13-15)26-3/h5-10,13H,4,11-12,14H2,1-3H3,(H2,22,23,24). The molecule has 2 aromatic rings. The number of ether oxygens (including phenoxy) is 2. The first kappa shape index (κ1) is 19.9. The molecule has 140 valence electrons. The Morgan fingerprint density at radius 3 is 2.31 bits per heavy atom. The van der Waals surface area contributed by atoms with Gasteiger partial charge in [0.05, 0.1) is 20.8 Å². The molecule has 0 unspecified atom stereocenters. The summed E-state index contributed by atoms with van der Waals surface area (Å²) in [6.07, 6.45) is 0.853. The van der Waals surface area contributed by atoms with Crippen LogP contribution >= 0.6 is 11.6 Å². The van der Waals surface area contributed by atoms with Crippen molar-refractivity contribution in [3.05, 3.63) is 58.6 Å². The van der Waals surface area contributed by atoms with Gasteiger partial charge in [-0.15, -0.1) is 0 Å². The fourth-order valence-electron chi connectivity index (χ4n) is 2.46. The van der Waals surface area contributed by atoms with E-state index in [2.05, 4.69) is 15.6 Å². The van der Waals surface area contributed by atoms with Gasteiger partial charge in [-0.1, -0.05) is 29.8 Å². The second-order valence-electron chi connectivity index (χ2n) is 5.69. The smallest absolute Gasteiger partial charge is 0.191 e. The van der Waals surface area contributed by atoms with E-state index in [1.807, 2.05) is 49.4 Å². The number of nitrogens with one attached hydrogen (secondary N) is 2. The first-order valence-electron chi connectivity index (χ1n) is 8.63. The summed E-state index contributed by atoms with van der Waals surface area (Å²) in [4.78, 5) is 4.61. The van der Waals surface area contributed by atoms with E-state index in [4.69, 9.17) is 21.1 Å². The largest absolute Gasteiger partial charge is 0.493 e. The fraction of sp³-hybridized carbons (Fsp3) is 0.350. The van der Waals surface area contributed by atoms with Crippen LogP contribution in [-0.4, -0.2) is 33.3 Å². The van der Waals surface area contributed by atoms with E-state index >= 15 is 0 Å². The van der Waals surface area contributed by atoms with E-state index in [-0.39, 0.29) is 0 Å². The van der Waals surface area contributed by atoms with Crippen LogP contribution in [0.3, 0.4) is 0 Å². The molecular formula is C20H26ClN3O2. The van der Waals surface area contributed by atoms with Gasteiger partial charge in [0.1, 0.15) is 0 Å². The molecule has 6 heteroatoms. The van der Waals surface area contributed by atoms with Gasteiger partial charge >= 0.3 is 0 Å². The zero-order chi connectivity index (χ0) is 18.8. The number of halogens is 1. The highest BCUT2D eigenvalue weighted by molar-refractivity contribution is 6.30. The van der Waals surface area contributed by atoms with E-state index in [0.717, 1.165) is 47.6 Å². The molecule has 2 N–H and O–H groups in total. The summed E-state index contributed by atoms with van der Waals surface area (Å²) in [7, 11) is 3.28. The fourth-order valence-corrected chi connectivity index (χ4v) is 2.59. The molecule has 0 spiro atoms. The number of nitrogens with zero attached hydrogens (tertiary/aromatic N) is 1. The summed E-state index contributed by atoms with van der Waals surface area (Å²) in [5.74, 6) is 2.28. The van der Waals surface area contributed by atoms with Crippen molar-refractivity contribution in [3.8, 4) is 11.5 Å². The van der Waals surface area contributed by atoms with Gasteiger partial charge in [0.15, 0.2) is 17.5 Å². The van der Waals surface area contributed by atoms with E-state index < -0.39 is 0 Å². The summed E-state index contributed by atoms with van der Waals surface area (Å²) >= 11 is 5.91. The lowest BCUT2D eigenvalue weighted by molar-refractivity contribution is 0.354. The lowest BCUT2D eigenvalue weighted by Gasteiger charge is -2.13. The number of hydrogen-bond donors (Lipinski definition) is 2.